The standard InChI is InChI=1S/C11H12N2O4/c1-17-8-4-2-7(3-5-8)10(15)11(16)9(14)6-13-12/h2-6,10-11,15-16H,1H3/t10-,11-/m0/s1. The van der Waals surface area contributed by atoms with E-state index in [1.54, 1.807) is 12.1 Å². The Balaban J connectivity index is 2.84. The van der Waals surface area contributed by atoms with Crippen molar-refractivity contribution in [3.05, 3.63) is 35.4 Å². The number of ether oxygens (including phenoxy) is 1. The van der Waals surface area contributed by atoms with E-state index in [4.69, 9.17) is 10.3 Å². The number of aliphatic hydroxyl groups excluding tert-OH is 2. The topological polar surface area (TPSA) is 103 Å². The van der Waals surface area contributed by atoms with Crippen LogP contribution in [0.5, 0.6) is 5.75 Å². The number of benzene rings is 1. The van der Waals surface area contributed by atoms with E-state index in [-0.39, 0.29) is 0 Å². The van der Waals surface area contributed by atoms with Gasteiger partial charge in [0.2, 0.25) is 0 Å². The number of methoxy groups -OCH3 is 1. The minimum Gasteiger partial charge on any atom is -0.497 e. The van der Waals surface area contributed by atoms with E-state index in [0.29, 0.717) is 17.5 Å². The molecule has 17 heavy (non-hydrogen) atoms. The van der Waals surface area contributed by atoms with Crippen molar-refractivity contribution in [3.63, 3.8) is 0 Å². The van der Waals surface area contributed by atoms with Gasteiger partial charge in [0.1, 0.15) is 11.9 Å². The molecule has 0 aromatic heterocycles. The molecule has 0 aliphatic rings. The SMILES string of the molecule is COc1ccc([C@H](O)[C@@H](O)C(=O)C=[N+]=[N-])cc1. The van der Waals surface area contributed by atoms with E-state index < -0.39 is 18.0 Å². The third-order valence-corrected chi connectivity index (χ3v) is 2.23. The molecule has 2 atom stereocenters. The van der Waals surface area contributed by atoms with Gasteiger partial charge in [0.25, 0.3) is 5.78 Å². The summed E-state index contributed by atoms with van der Waals surface area (Å²) in [7, 11) is 1.50. The summed E-state index contributed by atoms with van der Waals surface area (Å²) in [6.45, 7) is 0. The lowest BCUT2D eigenvalue weighted by molar-refractivity contribution is -0.129. The maximum absolute atomic E-state index is 11.1. The Labute approximate surface area is 97.7 Å². The van der Waals surface area contributed by atoms with Crippen LogP contribution in [-0.2, 0) is 4.79 Å². The van der Waals surface area contributed by atoms with Crippen LogP contribution >= 0.6 is 0 Å². The summed E-state index contributed by atoms with van der Waals surface area (Å²) in [6, 6.07) is 6.23. The van der Waals surface area contributed by atoms with Crippen LogP contribution in [0.25, 0.3) is 5.53 Å². The zero-order valence-corrected chi connectivity index (χ0v) is 9.15. The maximum atomic E-state index is 11.1. The van der Waals surface area contributed by atoms with Crippen molar-refractivity contribution in [3.8, 4) is 5.75 Å². The number of Topliss-reactive ketones (excluding diaryl/α,β-unsaturated/α-hetero) is 1. The molecule has 0 bridgehead atoms. The summed E-state index contributed by atoms with van der Waals surface area (Å²) in [5.41, 5.74) is 8.50. The first-order valence-electron chi connectivity index (χ1n) is 4.81. The van der Waals surface area contributed by atoms with Gasteiger partial charge < -0.3 is 20.5 Å². The van der Waals surface area contributed by atoms with Crippen LogP contribution in [0.15, 0.2) is 24.3 Å². The summed E-state index contributed by atoms with van der Waals surface area (Å²) in [4.78, 5) is 13.6. The molecule has 0 saturated heterocycles. The number of hydrogen-bond acceptors (Lipinski definition) is 4. The lowest BCUT2D eigenvalue weighted by atomic mass is 10.0. The van der Waals surface area contributed by atoms with Crippen LogP contribution in [0, 0.1) is 0 Å². The number of nitrogens with zero attached hydrogens (tertiary/aromatic N) is 2. The Bertz CT molecular complexity index is 437. The van der Waals surface area contributed by atoms with Gasteiger partial charge in [-0.05, 0) is 17.7 Å². The molecule has 90 valence electrons. The first-order valence-corrected chi connectivity index (χ1v) is 4.81. The molecule has 0 radical (unpaired) electrons. The van der Waals surface area contributed by atoms with E-state index in [2.05, 4.69) is 4.79 Å². The van der Waals surface area contributed by atoms with Gasteiger partial charge in [0.15, 0.2) is 6.10 Å². The highest BCUT2D eigenvalue weighted by Crippen LogP contribution is 2.20. The predicted molar refractivity (Wildman–Crippen MR) is 58.7 cm³/mol. The normalized spacial score (nSPS) is 13.4. The van der Waals surface area contributed by atoms with Gasteiger partial charge in [0.05, 0.1) is 7.11 Å². The Morgan fingerprint density at radius 1 is 1.41 bits per heavy atom. The van der Waals surface area contributed by atoms with Crippen LogP contribution in [0.1, 0.15) is 11.7 Å². The zero-order chi connectivity index (χ0) is 12.8. The molecule has 2 N–H and O–H groups in total. The predicted octanol–water partition coefficient (Wildman–Crippen LogP) is -0.0408. The lowest BCUT2D eigenvalue weighted by Gasteiger charge is -2.14. The first-order chi connectivity index (χ1) is 8.10. The van der Waals surface area contributed by atoms with Gasteiger partial charge in [0, 0.05) is 0 Å². The van der Waals surface area contributed by atoms with E-state index in [1.165, 1.54) is 19.2 Å². The highest BCUT2D eigenvalue weighted by molar-refractivity contribution is 6.27. The monoisotopic (exact) mass is 236 g/mol. The van der Waals surface area contributed by atoms with Crippen LogP contribution in [-0.4, -0.2) is 40.2 Å². The van der Waals surface area contributed by atoms with Gasteiger partial charge in [-0.1, -0.05) is 12.1 Å². The Hall–Kier alpha value is -2.01. The van der Waals surface area contributed by atoms with Crippen LogP contribution < -0.4 is 4.74 Å². The van der Waals surface area contributed by atoms with Gasteiger partial charge in [-0.2, -0.15) is 4.79 Å². The highest BCUT2D eigenvalue weighted by atomic mass is 16.5. The second-order valence-corrected chi connectivity index (χ2v) is 3.31. The van der Waals surface area contributed by atoms with Crippen LogP contribution in [0.3, 0.4) is 0 Å². The summed E-state index contributed by atoms with van der Waals surface area (Å²) in [5.74, 6) is -0.283. The fraction of sp³-hybridized carbons (Fsp3) is 0.273. The average molecular weight is 236 g/mol. The summed E-state index contributed by atoms with van der Waals surface area (Å²) >= 11 is 0. The van der Waals surface area contributed by atoms with Crippen molar-refractivity contribution in [2.24, 2.45) is 0 Å². The summed E-state index contributed by atoms with van der Waals surface area (Å²) in [5, 5.41) is 19.2. The van der Waals surface area contributed by atoms with Crippen molar-refractivity contribution in [2.75, 3.05) is 7.11 Å². The van der Waals surface area contributed by atoms with E-state index in [0.717, 1.165) is 0 Å². The van der Waals surface area contributed by atoms with Gasteiger partial charge >= 0.3 is 6.21 Å². The molecule has 0 amide bonds. The van der Waals surface area contributed by atoms with Crippen LogP contribution in [0.4, 0.5) is 0 Å². The Kier molecular flexibility index (Phi) is 4.54. The average Bonchev–Trinajstić information content (AvgIpc) is 2.37. The fourth-order valence-electron chi connectivity index (χ4n) is 1.27. The largest absolute Gasteiger partial charge is 0.497 e. The molecule has 0 saturated carbocycles. The van der Waals surface area contributed by atoms with Crippen LogP contribution in [0.2, 0.25) is 0 Å². The van der Waals surface area contributed by atoms with Gasteiger partial charge in [-0.3, -0.25) is 4.79 Å². The van der Waals surface area contributed by atoms with Crippen molar-refractivity contribution < 1.29 is 24.5 Å². The maximum Gasteiger partial charge on any atom is 0.326 e. The minimum absolute atomic E-state index is 0.359. The first kappa shape index (κ1) is 13.1. The number of hydrogen-bond donors (Lipinski definition) is 2. The second-order valence-electron chi connectivity index (χ2n) is 3.31. The molecular weight excluding hydrogens is 224 g/mol. The lowest BCUT2D eigenvalue weighted by Crippen LogP contribution is -2.29. The van der Waals surface area contributed by atoms with Gasteiger partial charge in [-0.15, -0.1) is 0 Å². The molecule has 0 fully saturated rings. The van der Waals surface area contributed by atoms with Crippen molar-refractivity contribution in [1.29, 1.82) is 0 Å². The molecule has 1 aromatic rings. The molecule has 0 heterocycles. The molecule has 6 nitrogen and oxygen atoms in total. The van der Waals surface area contributed by atoms with Crippen molar-refractivity contribution in [2.45, 2.75) is 12.2 Å². The Morgan fingerprint density at radius 3 is 2.47 bits per heavy atom. The van der Waals surface area contributed by atoms with E-state index >= 15 is 0 Å². The third-order valence-electron chi connectivity index (χ3n) is 2.23. The van der Waals surface area contributed by atoms with Crippen molar-refractivity contribution >= 4 is 12.0 Å². The Morgan fingerprint density at radius 2 is 2.00 bits per heavy atom. The number of carbonyl (C=O) groups is 1. The molecule has 0 spiro atoms. The number of ketones is 1. The molecule has 1 aromatic carbocycles. The molecular formula is C11H12N2O4. The number of carbonyl (C=O) groups excluding carboxylic acids is 1. The zero-order valence-electron chi connectivity index (χ0n) is 9.15. The fourth-order valence-corrected chi connectivity index (χ4v) is 1.27. The van der Waals surface area contributed by atoms with E-state index in [9.17, 15) is 15.0 Å². The highest BCUT2D eigenvalue weighted by Gasteiger charge is 2.26. The molecule has 1 rings (SSSR count). The molecule has 6 heteroatoms. The molecule has 0 aliphatic heterocycles. The van der Waals surface area contributed by atoms with E-state index in [1.807, 2.05) is 0 Å². The number of rotatable bonds is 5. The smallest absolute Gasteiger partial charge is 0.326 e. The summed E-state index contributed by atoms with van der Waals surface area (Å²) in [6.07, 6.45) is -2.51. The van der Waals surface area contributed by atoms with Crippen molar-refractivity contribution in [1.82, 2.24) is 0 Å². The molecule has 0 unspecified atom stereocenters. The quantitative estimate of drug-likeness (QED) is 0.425. The minimum atomic E-state index is -1.67. The third kappa shape index (κ3) is 3.22. The number of aliphatic hydroxyl groups is 2. The summed E-state index contributed by atoms with van der Waals surface area (Å²) < 4.78 is 4.93. The molecule has 0 aliphatic carbocycles. The second kappa shape index (κ2) is 5.91. The van der Waals surface area contributed by atoms with Gasteiger partial charge in [-0.25, -0.2) is 0 Å².